The van der Waals surface area contributed by atoms with Crippen LogP contribution in [0.5, 0.6) is 5.75 Å². The van der Waals surface area contributed by atoms with Crippen LogP contribution in [0.2, 0.25) is 0 Å². The summed E-state index contributed by atoms with van der Waals surface area (Å²) in [4.78, 5) is 30.6. The molecule has 0 radical (unpaired) electrons. The molecule has 0 unspecified atom stereocenters. The van der Waals surface area contributed by atoms with E-state index in [1.165, 1.54) is 7.11 Å². The van der Waals surface area contributed by atoms with Crippen molar-refractivity contribution < 1.29 is 19.1 Å². The first-order chi connectivity index (χ1) is 16.5. The number of rotatable bonds is 11. The van der Waals surface area contributed by atoms with Crippen LogP contribution in [0, 0.1) is 0 Å². The minimum absolute atomic E-state index is 0.125. The van der Waals surface area contributed by atoms with Crippen LogP contribution in [0.4, 0.5) is 11.5 Å². The van der Waals surface area contributed by atoms with Gasteiger partial charge in [-0.1, -0.05) is 42.5 Å². The fraction of sp³-hybridized carbons (Fsp3) is 0.296. The fourth-order valence-electron chi connectivity index (χ4n) is 3.42. The highest BCUT2D eigenvalue weighted by Crippen LogP contribution is 2.25. The number of ether oxygens (including phenoxy) is 2. The molecule has 0 aliphatic heterocycles. The Balaban J connectivity index is 1.70. The number of hydrogen-bond acceptors (Lipinski definition) is 6. The van der Waals surface area contributed by atoms with Gasteiger partial charge in [-0.25, -0.2) is 4.98 Å². The molecule has 0 fully saturated rings. The second-order valence-corrected chi connectivity index (χ2v) is 8.07. The third-order valence-electron chi connectivity index (χ3n) is 5.34. The summed E-state index contributed by atoms with van der Waals surface area (Å²) in [6.07, 6.45) is 5.97. The number of nitrogens with one attached hydrogen (secondary N) is 1. The maximum absolute atomic E-state index is 13.1. The Bertz CT molecular complexity index is 1130. The van der Waals surface area contributed by atoms with Crippen LogP contribution in [0.3, 0.4) is 0 Å². The van der Waals surface area contributed by atoms with Crippen molar-refractivity contribution in [1.29, 1.82) is 0 Å². The monoisotopic (exact) mass is 461 g/mol. The smallest absolute Gasteiger partial charge is 0.305 e. The van der Waals surface area contributed by atoms with E-state index in [2.05, 4.69) is 15.0 Å². The van der Waals surface area contributed by atoms with E-state index in [4.69, 9.17) is 4.74 Å². The summed E-state index contributed by atoms with van der Waals surface area (Å²) < 4.78 is 10.8. The zero-order valence-electron chi connectivity index (χ0n) is 19.9. The molecule has 2 aromatic carbocycles. The Morgan fingerprint density at radius 3 is 2.56 bits per heavy atom. The SMILES string of the molecule is COC(=O)CCCC/C=C(\COc1cccc2ccccc12)C(=O)Nc1ccc(N(C)C)nc1. The van der Waals surface area contributed by atoms with Crippen LogP contribution < -0.4 is 15.0 Å². The molecule has 0 saturated carbocycles. The highest BCUT2D eigenvalue weighted by molar-refractivity contribution is 6.04. The molecule has 34 heavy (non-hydrogen) atoms. The third-order valence-corrected chi connectivity index (χ3v) is 5.34. The summed E-state index contributed by atoms with van der Waals surface area (Å²) in [6.45, 7) is 0.125. The zero-order chi connectivity index (χ0) is 24.3. The molecule has 1 aromatic heterocycles. The lowest BCUT2D eigenvalue weighted by molar-refractivity contribution is -0.140. The molecule has 3 aromatic rings. The standard InChI is InChI=1S/C27H31N3O4/c1-30(2)25-17-16-22(18-28-25)29-27(32)21(11-5-4-6-15-26(31)33-3)19-34-24-14-9-12-20-10-7-8-13-23(20)24/h7-14,16-18H,4-6,15,19H2,1-3H3,(H,29,32)/b21-11+. The van der Waals surface area contributed by atoms with E-state index in [0.29, 0.717) is 30.5 Å². The van der Waals surface area contributed by atoms with Gasteiger partial charge in [0.2, 0.25) is 0 Å². The van der Waals surface area contributed by atoms with E-state index in [9.17, 15) is 9.59 Å². The fourth-order valence-corrected chi connectivity index (χ4v) is 3.42. The highest BCUT2D eigenvalue weighted by atomic mass is 16.5. The lowest BCUT2D eigenvalue weighted by Crippen LogP contribution is -2.20. The van der Waals surface area contributed by atoms with Crippen molar-refractivity contribution in [2.75, 3.05) is 38.0 Å². The van der Waals surface area contributed by atoms with Crippen LogP contribution >= 0.6 is 0 Å². The van der Waals surface area contributed by atoms with E-state index in [-0.39, 0.29) is 18.5 Å². The number of fused-ring (bicyclic) bond motifs is 1. The molecule has 3 rings (SSSR count). The first-order valence-electron chi connectivity index (χ1n) is 11.3. The molecule has 0 spiro atoms. The number of methoxy groups -OCH3 is 1. The number of amides is 1. The van der Waals surface area contributed by atoms with E-state index < -0.39 is 0 Å². The number of nitrogens with zero attached hydrogens (tertiary/aromatic N) is 2. The zero-order valence-corrected chi connectivity index (χ0v) is 19.9. The highest BCUT2D eigenvalue weighted by Gasteiger charge is 2.13. The molecule has 1 heterocycles. The summed E-state index contributed by atoms with van der Waals surface area (Å²) in [5.41, 5.74) is 1.13. The maximum Gasteiger partial charge on any atom is 0.305 e. The van der Waals surface area contributed by atoms with Crippen molar-refractivity contribution >= 4 is 34.2 Å². The molecule has 0 aliphatic carbocycles. The first-order valence-corrected chi connectivity index (χ1v) is 11.3. The summed E-state index contributed by atoms with van der Waals surface area (Å²) in [7, 11) is 5.20. The molecule has 1 amide bonds. The van der Waals surface area contributed by atoms with Crippen molar-refractivity contribution in [2.24, 2.45) is 0 Å². The largest absolute Gasteiger partial charge is 0.488 e. The predicted octanol–water partition coefficient (Wildman–Crippen LogP) is 4.98. The van der Waals surface area contributed by atoms with Gasteiger partial charge in [-0.2, -0.15) is 0 Å². The second kappa shape index (κ2) is 12.4. The lowest BCUT2D eigenvalue weighted by Gasteiger charge is -2.14. The molecule has 7 nitrogen and oxygen atoms in total. The molecule has 7 heteroatoms. The lowest BCUT2D eigenvalue weighted by atomic mass is 10.1. The number of unbranched alkanes of at least 4 members (excludes halogenated alkanes) is 2. The molecule has 0 aliphatic rings. The second-order valence-electron chi connectivity index (χ2n) is 8.07. The number of allylic oxidation sites excluding steroid dienone is 1. The van der Waals surface area contributed by atoms with E-state index in [1.54, 1.807) is 6.20 Å². The van der Waals surface area contributed by atoms with Gasteiger partial charge in [-0.3, -0.25) is 9.59 Å². The van der Waals surface area contributed by atoms with Gasteiger partial charge >= 0.3 is 5.97 Å². The number of pyridine rings is 1. The Labute approximate surface area is 200 Å². The van der Waals surface area contributed by atoms with Gasteiger partial charge in [0.15, 0.2) is 0 Å². The number of aromatic nitrogens is 1. The summed E-state index contributed by atoms with van der Waals surface area (Å²) in [6, 6.07) is 17.5. The van der Waals surface area contributed by atoms with Crippen LogP contribution in [0.25, 0.3) is 10.8 Å². The van der Waals surface area contributed by atoms with Gasteiger partial charge in [0.05, 0.1) is 24.6 Å². The summed E-state index contributed by atoms with van der Waals surface area (Å²) in [5, 5.41) is 4.97. The third kappa shape index (κ3) is 7.07. The Hall–Kier alpha value is -3.87. The van der Waals surface area contributed by atoms with Gasteiger partial charge in [0, 0.05) is 25.9 Å². The average molecular weight is 462 g/mol. The number of carbonyl (C=O) groups excluding carboxylic acids is 2. The van der Waals surface area contributed by atoms with E-state index >= 15 is 0 Å². The quantitative estimate of drug-likeness (QED) is 0.246. The molecule has 178 valence electrons. The van der Waals surface area contributed by atoms with Gasteiger partial charge in [0.25, 0.3) is 5.91 Å². The predicted molar refractivity (Wildman–Crippen MR) is 135 cm³/mol. The topological polar surface area (TPSA) is 80.8 Å². The van der Waals surface area contributed by atoms with Crippen molar-refractivity contribution in [3.8, 4) is 5.75 Å². The maximum atomic E-state index is 13.1. The first kappa shape index (κ1) is 24.8. The van der Waals surface area contributed by atoms with E-state index in [1.807, 2.05) is 79.7 Å². The normalized spacial score (nSPS) is 11.2. The molecular weight excluding hydrogens is 430 g/mol. The van der Waals surface area contributed by atoms with Gasteiger partial charge < -0.3 is 19.7 Å². The van der Waals surface area contributed by atoms with Gasteiger partial charge in [-0.05, 0) is 42.8 Å². The van der Waals surface area contributed by atoms with E-state index in [0.717, 1.165) is 28.8 Å². The van der Waals surface area contributed by atoms with Crippen molar-refractivity contribution in [3.63, 3.8) is 0 Å². The number of benzene rings is 2. The summed E-state index contributed by atoms with van der Waals surface area (Å²) >= 11 is 0. The summed E-state index contributed by atoms with van der Waals surface area (Å²) in [5.74, 6) is 1.06. The Kier molecular flexibility index (Phi) is 9.03. The average Bonchev–Trinajstić information content (AvgIpc) is 2.85. The van der Waals surface area contributed by atoms with Gasteiger partial charge in [0.1, 0.15) is 18.2 Å². The van der Waals surface area contributed by atoms with Crippen LogP contribution in [-0.4, -0.2) is 44.7 Å². The van der Waals surface area contributed by atoms with Crippen LogP contribution in [0.15, 0.2) is 72.4 Å². The Morgan fingerprint density at radius 2 is 1.82 bits per heavy atom. The van der Waals surface area contributed by atoms with Crippen LogP contribution in [-0.2, 0) is 14.3 Å². The van der Waals surface area contributed by atoms with Crippen molar-refractivity contribution in [1.82, 2.24) is 4.98 Å². The number of esters is 1. The number of hydrogen-bond donors (Lipinski definition) is 1. The minimum Gasteiger partial charge on any atom is -0.488 e. The molecule has 0 atom stereocenters. The van der Waals surface area contributed by atoms with Crippen molar-refractivity contribution in [3.05, 3.63) is 72.4 Å². The number of anilines is 2. The molecule has 0 saturated heterocycles. The number of carbonyl (C=O) groups is 2. The van der Waals surface area contributed by atoms with Crippen molar-refractivity contribution in [2.45, 2.75) is 25.7 Å². The van der Waals surface area contributed by atoms with Crippen LogP contribution in [0.1, 0.15) is 25.7 Å². The molecular formula is C27H31N3O4. The van der Waals surface area contributed by atoms with Gasteiger partial charge in [-0.15, -0.1) is 0 Å². The minimum atomic E-state index is -0.243. The Morgan fingerprint density at radius 1 is 1.03 bits per heavy atom. The molecule has 0 bridgehead atoms. The molecule has 1 N–H and O–H groups in total.